The lowest BCUT2D eigenvalue weighted by molar-refractivity contribution is 1.20. The summed E-state index contributed by atoms with van der Waals surface area (Å²) in [6, 6.07) is 84.1. The van der Waals surface area contributed by atoms with Crippen molar-refractivity contribution in [3.05, 3.63) is 231 Å². The third-order valence-corrected chi connectivity index (χ3v) is 13.4. The van der Waals surface area contributed by atoms with E-state index in [1.54, 1.807) is 0 Å². The molecule has 286 valence electrons. The van der Waals surface area contributed by atoms with Gasteiger partial charge in [-0.25, -0.2) is 0 Å². The molecular weight excluding hydrogens is 757 g/mol. The highest BCUT2D eigenvalue weighted by Gasteiger charge is 2.23. The van der Waals surface area contributed by atoms with Crippen molar-refractivity contribution in [2.24, 2.45) is 0 Å². The zero-order chi connectivity index (χ0) is 40.3. The first-order valence-electron chi connectivity index (χ1n) is 20.8. The van der Waals surface area contributed by atoms with Crippen LogP contribution < -0.4 is 4.90 Å². The molecule has 0 N–H and O–H groups in total. The van der Waals surface area contributed by atoms with Crippen molar-refractivity contribution in [2.75, 3.05) is 4.90 Å². The van der Waals surface area contributed by atoms with Crippen LogP contribution in [-0.2, 0) is 0 Å². The molecule has 2 nitrogen and oxygen atoms in total. The summed E-state index contributed by atoms with van der Waals surface area (Å²) in [5.74, 6) is 0. The van der Waals surface area contributed by atoms with Gasteiger partial charge in [-0.1, -0.05) is 176 Å². The van der Waals surface area contributed by atoms with Crippen molar-refractivity contribution in [3.63, 3.8) is 0 Å². The van der Waals surface area contributed by atoms with Gasteiger partial charge in [0.05, 0.1) is 27.1 Å². The Hall–Kier alpha value is -7.72. The van der Waals surface area contributed by atoms with Gasteiger partial charge in [-0.3, -0.25) is 0 Å². The summed E-state index contributed by atoms with van der Waals surface area (Å²) in [6.45, 7) is 0. The monoisotopic (exact) mass is 794 g/mol. The second-order valence-corrected chi connectivity index (χ2v) is 16.7. The number of nitrogens with zero attached hydrogens (tertiary/aromatic N) is 2. The maximum absolute atomic E-state index is 2.49. The molecule has 0 atom stereocenters. The van der Waals surface area contributed by atoms with E-state index in [1.807, 2.05) is 11.3 Å². The summed E-state index contributed by atoms with van der Waals surface area (Å²) < 4.78 is 5.09. The first-order chi connectivity index (χ1) is 30.3. The van der Waals surface area contributed by atoms with Gasteiger partial charge in [0.2, 0.25) is 0 Å². The van der Waals surface area contributed by atoms with Gasteiger partial charge in [0, 0.05) is 43.2 Å². The van der Waals surface area contributed by atoms with Gasteiger partial charge < -0.3 is 9.47 Å². The Morgan fingerprint density at radius 2 is 0.902 bits per heavy atom. The lowest BCUT2D eigenvalue weighted by atomic mass is 9.96. The third kappa shape index (κ3) is 5.85. The van der Waals surface area contributed by atoms with Gasteiger partial charge >= 0.3 is 0 Å². The number of thiophene rings is 1. The van der Waals surface area contributed by atoms with Crippen LogP contribution in [-0.4, -0.2) is 4.57 Å². The van der Waals surface area contributed by atoms with Crippen molar-refractivity contribution >= 4 is 81.1 Å². The minimum absolute atomic E-state index is 1.09. The second-order valence-electron chi connectivity index (χ2n) is 15.6. The summed E-state index contributed by atoms with van der Waals surface area (Å²) in [7, 11) is 0. The molecule has 12 aromatic rings. The maximum Gasteiger partial charge on any atom is 0.0640 e. The summed E-state index contributed by atoms with van der Waals surface area (Å²) >= 11 is 1.88. The molecule has 0 amide bonds. The second kappa shape index (κ2) is 14.5. The highest BCUT2D eigenvalue weighted by atomic mass is 32.1. The van der Waals surface area contributed by atoms with Crippen molar-refractivity contribution < 1.29 is 0 Å². The molecule has 2 heterocycles. The molecule has 0 radical (unpaired) electrons. The van der Waals surface area contributed by atoms with Crippen LogP contribution >= 0.6 is 11.3 Å². The maximum atomic E-state index is 2.49. The largest absolute Gasteiger partial charge is 0.310 e. The van der Waals surface area contributed by atoms with Crippen LogP contribution in [0.25, 0.3) is 91.8 Å². The highest BCUT2D eigenvalue weighted by molar-refractivity contribution is 7.26. The van der Waals surface area contributed by atoms with Crippen LogP contribution in [0.4, 0.5) is 17.1 Å². The predicted octanol–water partition coefficient (Wildman–Crippen LogP) is 16.8. The van der Waals surface area contributed by atoms with Crippen molar-refractivity contribution in [1.29, 1.82) is 0 Å². The normalized spacial score (nSPS) is 11.6. The Kier molecular flexibility index (Phi) is 8.39. The number of aromatic nitrogens is 1. The van der Waals surface area contributed by atoms with E-state index >= 15 is 0 Å². The van der Waals surface area contributed by atoms with Crippen LogP contribution in [0, 0.1) is 0 Å². The number of benzene rings is 10. The average Bonchev–Trinajstić information content (AvgIpc) is 3.89. The Balaban J connectivity index is 1.06. The first kappa shape index (κ1) is 35.2. The van der Waals surface area contributed by atoms with E-state index in [4.69, 9.17) is 0 Å². The van der Waals surface area contributed by atoms with E-state index in [1.165, 1.54) is 91.8 Å². The van der Waals surface area contributed by atoms with E-state index in [-0.39, 0.29) is 0 Å². The van der Waals surface area contributed by atoms with E-state index < -0.39 is 0 Å². The lowest BCUT2D eigenvalue weighted by Gasteiger charge is -2.28. The van der Waals surface area contributed by atoms with Crippen molar-refractivity contribution in [2.45, 2.75) is 0 Å². The number of fused-ring (bicyclic) bond motifs is 7. The van der Waals surface area contributed by atoms with E-state index in [0.29, 0.717) is 0 Å². The topological polar surface area (TPSA) is 8.17 Å². The number of hydrogen-bond donors (Lipinski definition) is 0. The fourth-order valence-corrected chi connectivity index (χ4v) is 10.6. The molecule has 2 aromatic heterocycles. The molecule has 0 aliphatic heterocycles. The standard InChI is InChI=1S/C58H38N2S/c1-2-15-39(16-3-1)40-31-35-43(36-32-40)59(44-37-33-42(34-38-44)46-23-12-18-41-17-4-5-19-45(41)46)52-26-9-6-20-47(52)49-24-13-28-54-57(49)51-22-7-10-27-53(51)60(54)55-29-14-25-50-48-21-8-11-30-56(48)61-58(50)55/h1-38H. The van der Waals surface area contributed by atoms with Gasteiger partial charge in [-0.2, -0.15) is 0 Å². The Morgan fingerprint density at radius 1 is 0.344 bits per heavy atom. The molecule has 0 unspecified atom stereocenters. The van der Waals surface area contributed by atoms with Gasteiger partial charge in [-0.05, 0) is 93.2 Å². The molecule has 0 saturated heterocycles. The molecular formula is C58H38N2S. The molecule has 61 heavy (non-hydrogen) atoms. The molecule has 10 aromatic carbocycles. The lowest BCUT2D eigenvalue weighted by Crippen LogP contribution is -2.11. The Morgan fingerprint density at radius 3 is 1.74 bits per heavy atom. The van der Waals surface area contributed by atoms with Crippen LogP contribution in [0.2, 0.25) is 0 Å². The molecule has 0 fully saturated rings. The molecule has 12 rings (SSSR count). The van der Waals surface area contributed by atoms with Crippen LogP contribution in [0.1, 0.15) is 0 Å². The van der Waals surface area contributed by atoms with Crippen molar-refractivity contribution in [3.8, 4) is 39.1 Å². The van der Waals surface area contributed by atoms with Gasteiger partial charge in [0.15, 0.2) is 0 Å². The Bertz CT molecular complexity index is 3570. The number of hydrogen-bond acceptors (Lipinski definition) is 2. The number of para-hydroxylation sites is 2. The molecule has 0 aliphatic rings. The quantitative estimate of drug-likeness (QED) is 0.156. The van der Waals surface area contributed by atoms with E-state index in [2.05, 4.69) is 240 Å². The first-order valence-corrected chi connectivity index (χ1v) is 21.7. The summed E-state index contributed by atoms with van der Waals surface area (Å²) in [5.41, 5.74) is 14.1. The molecule has 0 bridgehead atoms. The molecule has 0 aliphatic carbocycles. The van der Waals surface area contributed by atoms with Crippen LogP contribution in [0.3, 0.4) is 0 Å². The van der Waals surface area contributed by atoms with Crippen molar-refractivity contribution in [1.82, 2.24) is 4.57 Å². The number of anilines is 3. The molecule has 0 saturated carbocycles. The SMILES string of the molecule is c1ccc(-c2ccc(N(c3ccc(-c4cccc5ccccc45)cc3)c3ccccc3-c3cccc4c3c3ccccc3n4-c3cccc4c3sc3ccccc34)cc2)cc1. The summed E-state index contributed by atoms with van der Waals surface area (Å²) in [5, 5.41) is 7.59. The Labute approximate surface area is 358 Å². The zero-order valence-corrected chi connectivity index (χ0v) is 34.1. The number of rotatable bonds is 7. The van der Waals surface area contributed by atoms with Gasteiger partial charge in [0.1, 0.15) is 0 Å². The van der Waals surface area contributed by atoms with E-state index in [9.17, 15) is 0 Å². The smallest absolute Gasteiger partial charge is 0.0640 e. The zero-order valence-electron chi connectivity index (χ0n) is 33.2. The minimum atomic E-state index is 1.09. The minimum Gasteiger partial charge on any atom is -0.310 e. The molecule has 3 heteroatoms. The fraction of sp³-hybridized carbons (Fsp3) is 0. The van der Waals surface area contributed by atoms with Crippen LogP contribution in [0.15, 0.2) is 231 Å². The summed E-state index contributed by atoms with van der Waals surface area (Å²) in [4.78, 5) is 2.42. The summed E-state index contributed by atoms with van der Waals surface area (Å²) in [6.07, 6.45) is 0. The average molecular weight is 795 g/mol. The van der Waals surface area contributed by atoms with Crippen LogP contribution in [0.5, 0.6) is 0 Å². The van der Waals surface area contributed by atoms with E-state index in [0.717, 1.165) is 17.1 Å². The van der Waals surface area contributed by atoms with Gasteiger partial charge in [0.25, 0.3) is 0 Å². The highest BCUT2D eigenvalue weighted by Crippen LogP contribution is 2.47. The van der Waals surface area contributed by atoms with Gasteiger partial charge in [-0.15, -0.1) is 11.3 Å². The molecule has 0 spiro atoms. The predicted molar refractivity (Wildman–Crippen MR) is 262 cm³/mol. The third-order valence-electron chi connectivity index (χ3n) is 12.2. The fourth-order valence-electron chi connectivity index (χ4n) is 9.44.